The summed E-state index contributed by atoms with van der Waals surface area (Å²) in [6, 6.07) is 0. The van der Waals surface area contributed by atoms with Crippen molar-refractivity contribution in [3.05, 3.63) is 16.1 Å². The second-order valence-electron chi connectivity index (χ2n) is 3.69. The summed E-state index contributed by atoms with van der Waals surface area (Å²) in [6.07, 6.45) is 0.610. The lowest BCUT2D eigenvalue weighted by Gasteiger charge is -2.18. The Bertz CT molecular complexity index is 351. The standard InChI is InChI=1S/C9H11NO3S/c1-9(2,3)13-8(12)6-5-14-7(4-11)10-6/h4-5H,1-3H3. The average molecular weight is 213 g/mol. The highest BCUT2D eigenvalue weighted by molar-refractivity contribution is 7.11. The molecule has 0 unspecified atom stereocenters. The van der Waals surface area contributed by atoms with Crippen molar-refractivity contribution in [1.82, 2.24) is 4.98 Å². The van der Waals surface area contributed by atoms with Crippen LogP contribution in [0, 0.1) is 0 Å². The Morgan fingerprint density at radius 2 is 2.21 bits per heavy atom. The summed E-state index contributed by atoms with van der Waals surface area (Å²) in [6.45, 7) is 5.33. The van der Waals surface area contributed by atoms with Crippen LogP contribution in [0.25, 0.3) is 0 Å². The van der Waals surface area contributed by atoms with Gasteiger partial charge in [-0.3, -0.25) is 4.79 Å². The largest absolute Gasteiger partial charge is 0.455 e. The lowest BCUT2D eigenvalue weighted by molar-refractivity contribution is 0.00637. The molecule has 1 rings (SSSR count). The van der Waals surface area contributed by atoms with Gasteiger partial charge in [0, 0.05) is 5.38 Å². The maximum Gasteiger partial charge on any atom is 0.358 e. The maximum absolute atomic E-state index is 11.4. The molecule has 0 atom stereocenters. The van der Waals surface area contributed by atoms with E-state index in [9.17, 15) is 9.59 Å². The van der Waals surface area contributed by atoms with Crippen molar-refractivity contribution >= 4 is 23.6 Å². The Morgan fingerprint density at radius 3 is 2.64 bits per heavy atom. The second kappa shape index (κ2) is 3.88. The van der Waals surface area contributed by atoms with E-state index in [-0.39, 0.29) is 10.7 Å². The van der Waals surface area contributed by atoms with Gasteiger partial charge in [0.25, 0.3) is 0 Å². The van der Waals surface area contributed by atoms with Crippen molar-refractivity contribution in [1.29, 1.82) is 0 Å². The predicted octanol–water partition coefficient (Wildman–Crippen LogP) is 1.91. The number of hydrogen-bond donors (Lipinski definition) is 0. The number of aldehydes is 1. The highest BCUT2D eigenvalue weighted by atomic mass is 32.1. The summed E-state index contributed by atoms with van der Waals surface area (Å²) in [5, 5.41) is 1.79. The number of rotatable bonds is 2. The quantitative estimate of drug-likeness (QED) is 0.556. The van der Waals surface area contributed by atoms with Crippen LogP contribution >= 0.6 is 11.3 Å². The van der Waals surface area contributed by atoms with Crippen molar-refractivity contribution in [2.75, 3.05) is 0 Å². The molecule has 5 heteroatoms. The Morgan fingerprint density at radius 1 is 1.57 bits per heavy atom. The van der Waals surface area contributed by atoms with Crippen molar-refractivity contribution in [2.24, 2.45) is 0 Å². The number of hydrogen-bond acceptors (Lipinski definition) is 5. The van der Waals surface area contributed by atoms with Crippen LogP contribution in [0.2, 0.25) is 0 Å². The first-order chi connectivity index (χ1) is 6.42. The van der Waals surface area contributed by atoms with Crippen LogP contribution in [0.15, 0.2) is 5.38 Å². The van der Waals surface area contributed by atoms with E-state index in [2.05, 4.69) is 4.98 Å². The Kier molecular flexibility index (Phi) is 3.00. The normalized spacial score (nSPS) is 11.1. The number of ether oxygens (including phenoxy) is 1. The highest BCUT2D eigenvalue weighted by Gasteiger charge is 2.19. The van der Waals surface area contributed by atoms with E-state index in [0.717, 1.165) is 11.3 Å². The molecule has 4 nitrogen and oxygen atoms in total. The zero-order valence-electron chi connectivity index (χ0n) is 8.23. The van der Waals surface area contributed by atoms with Gasteiger partial charge in [0.15, 0.2) is 17.0 Å². The smallest absolute Gasteiger partial charge is 0.358 e. The zero-order valence-corrected chi connectivity index (χ0v) is 9.05. The molecule has 0 aromatic carbocycles. The number of nitrogens with zero attached hydrogens (tertiary/aromatic N) is 1. The zero-order chi connectivity index (χ0) is 10.8. The summed E-state index contributed by atoms with van der Waals surface area (Å²) < 4.78 is 5.07. The van der Waals surface area contributed by atoms with Crippen LogP contribution in [0.4, 0.5) is 0 Å². The molecule has 0 saturated carbocycles. The predicted molar refractivity (Wildman–Crippen MR) is 52.7 cm³/mol. The fourth-order valence-corrected chi connectivity index (χ4v) is 1.35. The third-order valence-corrected chi connectivity index (χ3v) is 2.00. The Balaban J connectivity index is 2.75. The van der Waals surface area contributed by atoms with Gasteiger partial charge < -0.3 is 4.74 Å². The van der Waals surface area contributed by atoms with E-state index in [1.54, 1.807) is 20.8 Å². The lowest BCUT2D eigenvalue weighted by atomic mass is 10.2. The van der Waals surface area contributed by atoms with Crippen LogP contribution in [0.3, 0.4) is 0 Å². The average Bonchev–Trinajstić information content (AvgIpc) is 2.48. The third kappa shape index (κ3) is 2.92. The van der Waals surface area contributed by atoms with E-state index in [1.807, 2.05) is 0 Å². The molecule has 0 aliphatic rings. The van der Waals surface area contributed by atoms with Gasteiger partial charge in [-0.2, -0.15) is 0 Å². The minimum Gasteiger partial charge on any atom is -0.455 e. The van der Waals surface area contributed by atoms with Gasteiger partial charge in [0.05, 0.1) is 0 Å². The molecular formula is C9H11NO3S. The fourth-order valence-electron chi connectivity index (χ4n) is 0.766. The molecular weight excluding hydrogens is 202 g/mol. The van der Waals surface area contributed by atoms with Gasteiger partial charge in [-0.15, -0.1) is 11.3 Å². The molecule has 76 valence electrons. The molecule has 14 heavy (non-hydrogen) atoms. The second-order valence-corrected chi connectivity index (χ2v) is 4.58. The molecule has 0 N–H and O–H groups in total. The minimum absolute atomic E-state index is 0.187. The molecule has 0 fully saturated rings. The van der Waals surface area contributed by atoms with Crippen LogP contribution in [0.5, 0.6) is 0 Å². The minimum atomic E-state index is -0.540. The molecule has 0 aliphatic carbocycles. The number of esters is 1. The van der Waals surface area contributed by atoms with E-state index >= 15 is 0 Å². The number of aromatic nitrogens is 1. The van der Waals surface area contributed by atoms with Crippen molar-refractivity contribution < 1.29 is 14.3 Å². The van der Waals surface area contributed by atoms with Gasteiger partial charge in [-0.25, -0.2) is 9.78 Å². The molecule has 0 radical (unpaired) electrons. The summed E-state index contributed by atoms with van der Waals surface area (Å²) >= 11 is 1.12. The summed E-state index contributed by atoms with van der Waals surface area (Å²) in [4.78, 5) is 25.5. The molecule has 0 aliphatic heterocycles. The van der Waals surface area contributed by atoms with E-state index in [4.69, 9.17) is 4.74 Å². The van der Waals surface area contributed by atoms with Crippen LogP contribution in [-0.2, 0) is 4.74 Å². The fraction of sp³-hybridized carbons (Fsp3) is 0.444. The molecule has 1 heterocycles. The highest BCUT2D eigenvalue weighted by Crippen LogP contribution is 2.13. The first kappa shape index (κ1) is 10.8. The third-order valence-electron chi connectivity index (χ3n) is 1.23. The maximum atomic E-state index is 11.4. The first-order valence-corrected chi connectivity index (χ1v) is 4.94. The number of carbonyl (C=O) groups excluding carboxylic acids is 2. The van der Waals surface area contributed by atoms with Gasteiger partial charge in [-0.05, 0) is 20.8 Å². The first-order valence-electron chi connectivity index (χ1n) is 4.06. The van der Waals surface area contributed by atoms with Gasteiger partial charge in [-0.1, -0.05) is 0 Å². The van der Waals surface area contributed by atoms with E-state index < -0.39 is 11.6 Å². The van der Waals surface area contributed by atoms with Crippen LogP contribution < -0.4 is 0 Å². The molecule has 0 spiro atoms. The van der Waals surface area contributed by atoms with Gasteiger partial charge in [0.2, 0.25) is 0 Å². The summed E-state index contributed by atoms with van der Waals surface area (Å²) in [5.74, 6) is -0.498. The van der Waals surface area contributed by atoms with Crippen molar-refractivity contribution in [3.8, 4) is 0 Å². The Labute approximate surface area is 85.9 Å². The van der Waals surface area contributed by atoms with E-state index in [1.165, 1.54) is 5.38 Å². The number of carbonyl (C=O) groups is 2. The monoisotopic (exact) mass is 213 g/mol. The van der Waals surface area contributed by atoms with E-state index in [0.29, 0.717) is 6.29 Å². The van der Waals surface area contributed by atoms with Gasteiger partial charge in [0.1, 0.15) is 5.60 Å². The Hall–Kier alpha value is -1.23. The van der Waals surface area contributed by atoms with Crippen LogP contribution in [0.1, 0.15) is 41.1 Å². The molecule has 0 amide bonds. The molecule has 1 aromatic heterocycles. The summed E-state index contributed by atoms with van der Waals surface area (Å²) in [5.41, 5.74) is -0.353. The van der Waals surface area contributed by atoms with Gasteiger partial charge >= 0.3 is 5.97 Å². The number of thiazole rings is 1. The van der Waals surface area contributed by atoms with Crippen molar-refractivity contribution in [2.45, 2.75) is 26.4 Å². The summed E-state index contributed by atoms with van der Waals surface area (Å²) in [7, 11) is 0. The van der Waals surface area contributed by atoms with Crippen LogP contribution in [-0.4, -0.2) is 22.8 Å². The SMILES string of the molecule is CC(C)(C)OC(=O)c1csc(C=O)n1. The molecule has 0 bridgehead atoms. The molecule has 1 aromatic rings. The topological polar surface area (TPSA) is 56.3 Å². The molecule has 0 saturated heterocycles. The lowest BCUT2D eigenvalue weighted by Crippen LogP contribution is -2.24. The van der Waals surface area contributed by atoms with Crippen molar-refractivity contribution in [3.63, 3.8) is 0 Å².